The van der Waals surface area contributed by atoms with Gasteiger partial charge in [-0.05, 0) is 117 Å². The van der Waals surface area contributed by atoms with E-state index in [1.807, 2.05) is 24.3 Å². The first-order valence-electron chi connectivity index (χ1n) is 28.6. The zero-order chi connectivity index (χ0) is 53.0. The molecule has 4 heterocycles. The highest BCUT2D eigenvalue weighted by molar-refractivity contribution is 6.13. The molecule has 0 aromatic heterocycles. The van der Waals surface area contributed by atoms with Crippen LogP contribution in [-0.2, 0) is 27.8 Å². The number of aliphatic hydroxyl groups is 3. The maximum absolute atomic E-state index is 13.7. The number of amides is 2. The van der Waals surface area contributed by atoms with Crippen molar-refractivity contribution in [1.29, 1.82) is 0 Å². The van der Waals surface area contributed by atoms with E-state index in [0.717, 1.165) is 117 Å². The van der Waals surface area contributed by atoms with Crippen LogP contribution in [0.25, 0.3) is 17.2 Å². The summed E-state index contributed by atoms with van der Waals surface area (Å²) >= 11 is 0. The highest BCUT2D eigenvalue weighted by Gasteiger charge is 2.60. The minimum absolute atomic E-state index is 0.0354. The average Bonchev–Trinajstić information content (AvgIpc) is 3.85. The van der Waals surface area contributed by atoms with Crippen LogP contribution in [0, 0.1) is 23.7 Å². The molecule has 0 unspecified atom stereocenters. The molecule has 6 N–H and O–H groups in total. The quantitative estimate of drug-likeness (QED) is 0.0737. The number of piperidine rings is 1. The fraction of sp³-hybridized carbons (Fsp3) is 0.524. The number of nitrogens with zero attached hydrogens (tertiary/aromatic N) is 1. The van der Waals surface area contributed by atoms with Crippen molar-refractivity contribution in [2.75, 3.05) is 39.4 Å². The van der Waals surface area contributed by atoms with Crippen molar-refractivity contribution in [3.63, 3.8) is 0 Å². The summed E-state index contributed by atoms with van der Waals surface area (Å²) in [7, 11) is 3.17. The van der Waals surface area contributed by atoms with Crippen LogP contribution < -0.4 is 34.3 Å². The number of ether oxygens (including phenoxy) is 5. The average molecular weight is 1050 g/mol. The number of nitrogens with one attached hydrogen (secondary N) is 2. The second kappa shape index (κ2) is 19.4. The summed E-state index contributed by atoms with van der Waals surface area (Å²) in [6.45, 7) is 2.15. The van der Waals surface area contributed by atoms with E-state index in [1.54, 1.807) is 24.1 Å². The first kappa shape index (κ1) is 50.4. The standard InChI is InChI=1S/C63H73N3O11/c1-35-16-18-38-13-7-10-27-63(38,65-35)77-49-31-47(73-2)40-19-20-41-54-46(64-60(72)57(49)56(40)54)30-48-55(41)58(70)42(34-76-48)37-28-50(74-3)59(71)51(29-37)75-33-39(32-67)62-26-11-15-44(45(62)21-17-36-12-5-6-14-43(36)62)61(24-8-4-9-25-61)66-52(68)22-23-53(66)69/h5-6,12,14,17,21-23,28-31,35,38-39,42,44-45,58,60,64-65,67,70-72H,4,7-11,13,15-16,18-20,24-27,32-34H2,1-3H3/t35-,38+,39+,42+,44+,45-,58+,60-,62+,63-/m1/s1. The number of fused-ring (bicyclic) bond motifs is 6. The second-order valence-electron chi connectivity index (χ2n) is 23.8. The van der Waals surface area contributed by atoms with Gasteiger partial charge in [0.15, 0.2) is 23.5 Å². The largest absolute Gasteiger partial charge is 0.502 e. The predicted molar refractivity (Wildman–Crippen MR) is 290 cm³/mol. The van der Waals surface area contributed by atoms with E-state index < -0.39 is 40.8 Å². The van der Waals surface area contributed by atoms with Gasteiger partial charge in [-0.15, -0.1) is 0 Å². The number of anilines is 1. The van der Waals surface area contributed by atoms with Gasteiger partial charge in [0, 0.05) is 87.9 Å². The summed E-state index contributed by atoms with van der Waals surface area (Å²) in [5.41, 5.74) is 6.72. The maximum atomic E-state index is 13.7. The van der Waals surface area contributed by atoms with Crippen molar-refractivity contribution in [3.05, 3.63) is 106 Å². The number of carbonyl (C=O) groups is 2. The first-order chi connectivity index (χ1) is 37.4. The molecule has 14 heteroatoms. The van der Waals surface area contributed by atoms with E-state index in [1.165, 1.54) is 25.7 Å². The monoisotopic (exact) mass is 1050 g/mol. The van der Waals surface area contributed by atoms with Crippen LogP contribution in [0.5, 0.6) is 34.5 Å². The molecule has 0 bridgehead atoms. The number of phenols is 1. The Morgan fingerprint density at radius 1 is 0.792 bits per heavy atom. The summed E-state index contributed by atoms with van der Waals surface area (Å²) in [5, 5.41) is 55.8. The molecule has 77 heavy (non-hydrogen) atoms. The van der Waals surface area contributed by atoms with Gasteiger partial charge in [0.1, 0.15) is 17.2 Å². The van der Waals surface area contributed by atoms with Crippen LogP contribution in [-0.4, -0.2) is 88.5 Å². The van der Waals surface area contributed by atoms with E-state index in [2.05, 4.69) is 41.8 Å². The lowest BCUT2D eigenvalue weighted by Gasteiger charge is -2.60. The molecule has 4 aromatic carbocycles. The van der Waals surface area contributed by atoms with E-state index in [0.29, 0.717) is 64.4 Å². The number of aliphatic hydroxyl groups excluding tert-OH is 3. The molecule has 3 saturated carbocycles. The SMILES string of the molecule is COc1cc([C@@H]2COc3cc4c5c(c3[C@H]2O)CCc2c(OC)cc(O[C@]36CCCC[C@H]3CC[C@@H](C)N6)c(c2-5)[C@@H](O)N4)cc(OC[C@H](CO)[C@]23CCC[C@H](C4(N5C(=O)C=CC5=O)CCCCC4)[C@H]2C=Cc2ccccc23)c1O. The molecular weight excluding hydrogens is 975 g/mol. The third-order valence-corrected chi connectivity index (χ3v) is 20.2. The molecule has 0 spiro atoms. The molecule has 10 atom stereocenters. The number of phenolic OH excluding ortho intramolecular Hbond substituents is 1. The van der Waals surface area contributed by atoms with Gasteiger partial charge in [0.2, 0.25) is 5.75 Å². The first-order valence-corrected chi connectivity index (χ1v) is 28.6. The van der Waals surface area contributed by atoms with Crippen molar-refractivity contribution in [2.45, 2.75) is 151 Å². The predicted octanol–water partition coefficient (Wildman–Crippen LogP) is 9.83. The number of imide groups is 1. The summed E-state index contributed by atoms with van der Waals surface area (Å²) in [6, 6.07) is 16.0. The molecule has 9 aliphatic rings. The van der Waals surface area contributed by atoms with Gasteiger partial charge in [-0.1, -0.05) is 68.5 Å². The number of hydrogen-bond acceptors (Lipinski definition) is 13. The van der Waals surface area contributed by atoms with Gasteiger partial charge >= 0.3 is 0 Å². The van der Waals surface area contributed by atoms with Crippen LogP contribution in [0.3, 0.4) is 0 Å². The lowest BCUT2D eigenvalue weighted by molar-refractivity contribution is -0.153. The zero-order valence-corrected chi connectivity index (χ0v) is 44.6. The zero-order valence-electron chi connectivity index (χ0n) is 44.6. The number of methoxy groups -OCH3 is 2. The molecule has 13 rings (SSSR count). The number of allylic oxidation sites excluding steroid dienone is 1. The highest BCUT2D eigenvalue weighted by Crippen LogP contribution is 2.62. The number of hydrogen-bond donors (Lipinski definition) is 6. The topological polar surface area (TPSA) is 189 Å². The van der Waals surface area contributed by atoms with Gasteiger partial charge in [0.25, 0.3) is 11.8 Å². The van der Waals surface area contributed by atoms with Gasteiger partial charge in [-0.3, -0.25) is 19.8 Å². The summed E-state index contributed by atoms with van der Waals surface area (Å²) < 4.78 is 32.6. The van der Waals surface area contributed by atoms with Gasteiger partial charge in [-0.25, -0.2) is 0 Å². The Kier molecular flexibility index (Phi) is 12.7. The minimum Gasteiger partial charge on any atom is -0.502 e. The van der Waals surface area contributed by atoms with E-state index in [-0.39, 0.29) is 60.7 Å². The van der Waals surface area contributed by atoms with E-state index in [4.69, 9.17) is 23.7 Å². The number of carbonyl (C=O) groups excluding carboxylic acids is 2. The summed E-state index contributed by atoms with van der Waals surface area (Å²) in [5.74, 6) is 0.566. The van der Waals surface area contributed by atoms with Crippen LogP contribution in [0.1, 0.15) is 154 Å². The Balaban J connectivity index is 0.840. The van der Waals surface area contributed by atoms with Gasteiger partial charge in [0.05, 0.1) is 51.2 Å². The highest BCUT2D eigenvalue weighted by atomic mass is 16.5. The molecule has 14 nitrogen and oxygen atoms in total. The number of benzene rings is 4. The summed E-state index contributed by atoms with van der Waals surface area (Å²) in [4.78, 5) is 28.9. The Hall–Kier alpha value is -6.06. The minimum atomic E-state index is -1.07. The third kappa shape index (κ3) is 7.76. The molecule has 406 valence electrons. The summed E-state index contributed by atoms with van der Waals surface area (Å²) in [6.07, 6.45) is 19.5. The fourth-order valence-electron chi connectivity index (χ4n) is 16.8. The Morgan fingerprint density at radius 3 is 2.35 bits per heavy atom. The van der Waals surface area contributed by atoms with Crippen molar-refractivity contribution < 1.29 is 53.7 Å². The normalized spacial score (nSPS) is 30.6. The van der Waals surface area contributed by atoms with Crippen LogP contribution in [0.2, 0.25) is 0 Å². The van der Waals surface area contributed by atoms with Gasteiger partial charge < -0.3 is 49.4 Å². The van der Waals surface area contributed by atoms with Crippen LogP contribution >= 0.6 is 0 Å². The molecule has 4 aromatic rings. The molecule has 4 aliphatic heterocycles. The van der Waals surface area contributed by atoms with E-state index in [9.17, 15) is 30.0 Å². The molecular formula is C63H73N3O11. The van der Waals surface area contributed by atoms with Crippen LogP contribution in [0.15, 0.2) is 66.8 Å². The van der Waals surface area contributed by atoms with Crippen molar-refractivity contribution in [2.24, 2.45) is 23.7 Å². The number of aromatic hydroxyl groups is 1. The van der Waals surface area contributed by atoms with Gasteiger partial charge in [-0.2, -0.15) is 0 Å². The van der Waals surface area contributed by atoms with Crippen molar-refractivity contribution in [1.82, 2.24) is 10.2 Å². The third-order valence-electron chi connectivity index (χ3n) is 20.2. The second-order valence-corrected chi connectivity index (χ2v) is 23.8. The Labute approximate surface area is 450 Å². The molecule has 2 amide bonds. The number of rotatable bonds is 12. The Bertz CT molecular complexity index is 3070. The van der Waals surface area contributed by atoms with Crippen molar-refractivity contribution >= 4 is 23.6 Å². The smallest absolute Gasteiger partial charge is 0.254 e. The molecule has 0 radical (unpaired) electrons. The van der Waals surface area contributed by atoms with Crippen molar-refractivity contribution in [3.8, 4) is 45.6 Å². The fourth-order valence-corrected chi connectivity index (χ4v) is 16.8. The van der Waals surface area contributed by atoms with E-state index >= 15 is 0 Å². The molecule has 1 saturated heterocycles. The lowest BCUT2D eigenvalue weighted by atomic mass is 9.47. The molecule has 5 aliphatic carbocycles. The lowest BCUT2D eigenvalue weighted by Crippen LogP contribution is -2.64. The Morgan fingerprint density at radius 2 is 1.56 bits per heavy atom. The van der Waals surface area contributed by atoms with Crippen LogP contribution in [0.4, 0.5) is 5.69 Å². The molecule has 4 fully saturated rings. The maximum Gasteiger partial charge on any atom is 0.254 e.